The van der Waals surface area contributed by atoms with Gasteiger partial charge in [-0.2, -0.15) is 0 Å². The molecule has 100 valence electrons. The quantitative estimate of drug-likeness (QED) is 0.883. The van der Waals surface area contributed by atoms with Gasteiger partial charge >= 0.3 is 0 Å². The van der Waals surface area contributed by atoms with Gasteiger partial charge in [-0.05, 0) is 24.3 Å². The van der Waals surface area contributed by atoms with Gasteiger partial charge in [-0.1, -0.05) is 41.4 Å². The third-order valence-corrected chi connectivity index (χ3v) is 3.32. The lowest BCUT2D eigenvalue weighted by molar-refractivity contribution is 0.192. The second kappa shape index (κ2) is 6.24. The number of benzene rings is 2. The second-order valence-corrected chi connectivity index (χ2v) is 4.86. The second-order valence-electron chi connectivity index (χ2n) is 4.05. The molecule has 0 saturated carbocycles. The van der Waals surface area contributed by atoms with Crippen molar-refractivity contribution in [3.05, 3.63) is 63.9 Å². The van der Waals surface area contributed by atoms with Crippen molar-refractivity contribution >= 4 is 28.9 Å². The standard InChI is InChI=1S/C14H12Cl2FNO/c15-11-4-2-1-3-10(11)14(19)8-18-9-5-6-13(17)12(16)7-9/h1-7,14,18-19H,8H2. The van der Waals surface area contributed by atoms with Crippen molar-refractivity contribution in [2.45, 2.75) is 6.10 Å². The Morgan fingerprint density at radius 3 is 2.53 bits per heavy atom. The predicted octanol–water partition coefficient (Wildman–Crippen LogP) is 4.28. The van der Waals surface area contributed by atoms with Crippen LogP contribution in [-0.2, 0) is 0 Å². The zero-order valence-electron chi connectivity index (χ0n) is 9.91. The zero-order valence-corrected chi connectivity index (χ0v) is 11.4. The molecule has 2 aromatic carbocycles. The van der Waals surface area contributed by atoms with Gasteiger partial charge in [-0.3, -0.25) is 0 Å². The minimum Gasteiger partial charge on any atom is -0.387 e. The van der Waals surface area contributed by atoms with Gasteiger partial charge < -0.3 is 10.4 Å². The van der Waals surface area contributed by atoms with Crippen molar-refractivity contribution in [1.82, 2.24) is 0 Å². The Morgan fingerprint density at radius 1 is 1.11 bits per heavy atom. The molecule has 2 aromatic rings. The number of aliphatic hydroxyl groups is 1. The number of hydrogen-bond acceptors (Lipinski definition) is 2. The maximum atomic E-state index is 13.0. The Bertz CT molecular complexity index is 577. The summed E-state index contributed by atoms with van der Waals surface area (Å²) in [5.74, 6) is -0.473. The maximum absolute atomic E-state index is 13.0. The van der Waals surface area contributed by atoms with Crippen molar-refractivity contribution in [2.24, 2.45) is 0 Å². The van der Waals surface area contributed by atoms with Gasteiger partial charge in [0.1, 0.15) is 5.82 Å². The Kier molecular flexibility index (Phi) is 4.64. The lowest BCUT2D eigenvalue weighted by atomic mass is 10.1. The monoisotopic (exact) mass is 299 g/mol. The van der Waals surface area contributed by atoms with Crippen LogP contribution in [-0.4, -0.2) is 11.7 Å². The van der Waals surface area contributed by atoms with Crippen LogP contribution in [0.3, 0.4) is 0 Å². The molecule has 0 spiro atoms. The van der Waals surface area contributed by atoms with E-state index >= 15 is 0 Å². The van der Waals surface area contributed by atoms with Crippen molar-refractivity contribution in [1.29, 1.82) is 0 Å². The fourth-order valence-corrected chi connectivity index (χ4v) is 2.12. The zero-order chi connectivity index (χ0) is 13.8. The fourth-order valence-electron chi connectivity index (χ4n) is 1.68. The van der Waals surface area contributed by atoms with Gasteiger partial charge in [0.25, 0.3) is 0 Å². The Morgan fingerprint density at radius 2 is 1.84 bits per heavy atom. The molecule has 0 aliphatic rings. The fraction of sp³-hybridized carbons (Fsp3) is 0.143. The van der Waals surface area contributed by atoms with E-state index in [0.717, 1.165) is 0 Å². The smallest absolute Gasteiger partial charge is 0.141 e. The molecule has 0 heterocycles. The van der Waals surface area contributed by atoms with Gasteiger partial charge in [0.2, 0.25) is 0 Å². The first-order valence-corrected chi connectivity index (χ1v) is 6.45. The van der Waals surface area contributed by atoms with E-state index in [4.69, 9.17) is 23.2 Å². The summed E-state index contributed by atoms with van der Waals surface area (Å²) < 4.78 is 13.0. The van der Waals surface area contributed by atoms with Crippen molar-refractivity contribution in [3.63, 3.8) is 0 Å². The van der Waals surface area contributed by atoms with Gasteiger partial charge in [-0.15, -0.1) is 0 Å². The van der Waals surface area contributed by atoms with Crippen LogP contribution in [0, 0.1) is 5.82 Å². The molecule has 2 nitrogen and oxygen atoms in total. The van der Waals surface area contributed by atoms with Crippen LogP contribution >= 0.6 is 23.2 Å². The lowest BCUT2D eigenvalue weighted by Crippen LogP contribution is -2.12. The van der Waals surface area contributed by atoms with E-state index in [1.807, 2.05) is 0 Å². The summed E-state index contributed by atoms with van der Waals surface area (Å²) in [6.07, 6.45) is -0.752. The van der Waals surface area contributed by atoms with Crippen molar-refractivity contribution in [3.8, 4) is 0 Å². The van der Waals surface area contributed by atoms with Gasteiger partial charge in [0.05, 0.1) is 11.1 Å². The molecule has 0 amide bonds. The van der Waals surface area contributed by atoms with E-state index in [1.54, 1.807) is 30.3 Å². The lowest BCUT2D eigenvalue weighted by Gasteiger charge is -2.14. The maximum Gasteiger partial charge on any atom is 0.141 e. The number of anilines is 1. The Labute approximate surface area is 120 Å². The van der Waals surface area contributed by atoms with Crippen molar-refractivity contribution in [2.75, 3.05) is 11.9 Å². The highest BCUT2D eigenvalue weighted by atomic mass is 35.5. The number of halogens is 3. The van der Waals surface area contributed by atoms with Crippen LogP contribution in [0.25, 0.3) is 0 Å². The summed E-state index contributed by atoms with van der Waals surface area (Å²) in [4.78, 5) is 0. The van der Waals surface area contributed by atoms with Crippen LogP contribution in [0.4, 0.5) is 10.1 Å². The molecule has 1 unspecified atom stereocenters. The highest BCUT2D eigenvalue weighted by Crippen LogP contribution is 2.24. The summed E-state index contributed by atoms with van der Waals surface area (Å²) in [6, 6.07) is 11.4. The summed E-state index contributed by atoms with van der Waals surface area (Å²) in [5.41, 5.74) is 1.28. The summed E-state index contributed by atoms with van der Waals surface area (Å²) in [7, 11) is 0. The number of nitrogens with one attached hydrogen (secondary N) is 1. The van der Waals surface area contributed by atoms with E-state index < -0.39 is 11.9 Å². The molecular formula is C14H12Cl2FNO. The highest BCUT2D eigenvalue weighted by molar-refractivity contribution is 6.31. The molecule has 1 atom stereocenters. The van der Waals surface area contributed by atoms with E-state index in [-0.39, 0.29) is 11.6 Å². The predicted molar refractivity (Wildman–Crippen MR) is 76.3 cm³/mol. The first-order chi connectivity index (χ1) is 9.08. The van der Waals surface area contributed by atoms with Crippen LogP contribution in [0.2, 0.25) is 10.0 Å². The normalized spacial score (nSPS) is 12.2. The molecule has 0 aliphatic carbocycles. The molecule has 0 saturated heterocycles. The van der Waals surface area contributed by atoms with E-state index in [2.05, 4.69) is 5.32 Å². The molecule has 0 aromatic heterocycles. The first-order valence-electron chi connectivity index (χ1n) is 5.69. The van der Waals surface area contributed by atoms with Gasteiger partial charge in [0, 0.05) is 22.8 Å². The number of hydrogen-bond donors (Lipinski definition) is 2. The molecule has 19 heavy (non-hydrogen) atoms. The third-order valence-electron chi connectivity index (χ3n) is 2.68. The Balaban J connectivity index is 2.02. The van der Waals surface area contributed by atoms with Gasteiger partial charge in [0.15, 0.2) is 0 Å². The molecule has 0 aliphatic heterocycles. The topological polar surface area (TPSA) is 32.3 Å². The van der Waals surface area contributed by atoms with Gasteiger partial charge in [-0.25, -0.2) is 4.39 Å². The molecule has 5 heteroatoms. The molecule has 0 bridgehead atoms. The summed E-state index contributed by atoms with van der Waals surface area (Å²) in [6.45, 7) is 0.256. The molecule has 0 fully saturated rings. The SMILES string of the molecule is OC(CNc1ccc(F)c(Cl)c1)c1ccccc1Cl. The van der Waals surface area contributed by atoms with Crippen LogP contribution in [0.15, 0.2) is 42.5 Å². The molecule has 2 N–H and O–H groups in total. The highest BCUT2D eigenvalue weighted by Gasteiger charge is 2.11. The van der Waals surface area contributed by atoms with E-state index in [0.29, 0.717) is 16.3 Å². The molecule has 2 rings (SSSR count). The largest absolute Gasteiger partial charge is 0.387 e. The average molecular weight is 300 g/mol. The number of aliphatic hydroxyl groups excluding tert-OH is 1. The van der Waals surface area contributed by atoms with E-state index in [1.165, 1.54) is 12.1 Å². The van der Waals surface area contributed by atoms with E-state index in [9.17, 15) is 9.50 Å². The minimum atomic E-state index is -0.752. The summed E-state index contributed by atoms with van der Waals surface area (Å²) >= 11 is 11.7. The molecule has 0 radical (unpaired) electrons. The Hall–Kier alpha value is -1.29. The molecular weight excluding hydrogens is 288 g/mol. The summed E-state index contributed by atoms with van der Waals surface area (Å²) in [5, 5.41) is 13.6. The average Bonchev–Trinajstić information content (AvgIpc) is 2.40. The number of rotatable bonds is 4. The van der Waals surface area contributed by atoms with Crippen LogP contribution in [0.1, 0.15) is 11.7 Å². The minimum absolute atomic E-state index is 0.0391. The van der Waals surface area contributed by atoms with Crippen LogP contribution < -0.4 is 5.32 Å². The van der Waals surface area contributed by atoms with Crippen LogP contribution in [0.5, 0.6) is 0 Å². The van der Waals surface area contributed by atoms with Crippen molar-refractivity contribution < 1.29 is 9.50 Å². The first kappa shape index (κ1) is 14.1. The third kappa shape index (κ3) is 3.60.